The Morgan fingerprint density at radius 2 is 1.83 bits per heavy atom. The number of ether oxygens (including phenoxy) is 2. The van der Waals surface area contributed by atoms with Gasteiger partial charge in [0.15, 0.2) is 10.9 Å². The lowest BCUT2D eigenvalue weighted by Crippen LogP contribution is -2.38. The molecule has 3 heterocycles. The molecular weight excluding hydrogens is 616 g/mol. The van der Waals surface area contributed by atoms with Crippen molar-refractivity contribution in [2.75, 3.05) is 26.2 Å². The highest BCUT2D eigenvalue weighted by molar-refractivity contribution is 7.18. The molecular formula is C27H29Cl2F3N6O3S. The molecule has 0 bridgehead atoms. The van der Waals surface area contributed by atoms with E-state index in [9.17, 15) is 18.3 Å². The minimum atomic E-state index is -4.33. The standard InChI is InChI=1S/C27H28ClF3N6O3S.ClH/c1-37(24-18-10-17(12-27(29,30)31)41-25(18)34-26(33-24)40-3)20-8-16(9-21(20)38)32-13-14-4-6-15(7-5-14)19-11-22(39-2)23(28)36-35-19;/h4-7,10-11,16,20-21,32,38H,8-9,12-13H2,1-3H3;1H/t16-,20+,21-;/m1./s1. The number of alkyl halides is 3. The fraction of sp³-hybridized carbons (Fsp3) is 0.407. The van der Waals surface area contributed by atoms with Crippen LogP contribution < -0.4 is 19.7 Å². The molecule has 0 unspecified atom stereocenters. The molecule has 42 heavy (non-hydrogen) atoms. The molecule has 9 nitrogen and oxygen atoms in total. The van der Waals surface area contributed by atoms with Crippen molar-refractivity contribution in [1.29, 1.82) is 0 Å². The first-order chi connectivity index (χ1) is 19.5. The summed E-state index contributed by atoms with van der Waals surface area (Å²) in [7, 11) is 4.71. The number of anilines is 1. The van der Waals surface area contributed by atoms with Gasteiger partial charge in [-0.15, -0.1) is 33.9 Å². The number of aliphatic hydroxyl groups excluding tert-OH is 1. The number of rotatable bonds is 9. The van der Waals surface area contributed by atoms with Crippen LogP contribution in [0.25, 0.3) is 21.5 Å². The van der Waals surface area contributed by atoms with Gasteiger partial charge in [-0.1, -0.05) is 35.9 Å². The SMILES string of the molecule is COc1nc(N(C)[C@H]2C[C@@H](NCc3ccc(-c4cc(OC)c(Cl)nn4)cc3)C[C@H]2O)c2cc(CC(F)(F)F)sc2n1.Cl. The molecule has 0 radical (unpaired) electrons. The van der Waals surface area contributed by atoms with Gasteiger partial charge >= 0.3 is 12.2 Å². The van der Waals surface area contributed by atoms with Gasteiger partial charge in [0.25, 0.3) is 0 Å². The quantitative estimate of drug-likeness (QED) is 0.246. The zero-order valence-electron chi connectivity index (χ0n) is 22.9. The molecule has 226 valence electrons. The third-order valence-corrected chi connectivity index (χ3v) is 8.36. The molecule has 1 saturated carbocycles. The van der Waals surface area contributed by atoms with E-state index in [2.05, 4.69) is 25.5 Å². The van der Waals surface area contributed by atoms with Gasteiger partial charge in [-0.2, -0.15) is 23.1 Å². The van der Waals surface area contributed by atoms with Gasteiger partial charge in [0.1, 0.15) is 10.6 Å². The Balaban J connectivity index is 0.00000405. The number of aromatic nitrogens is 4. The summed E-state index contributed by atoms with van der Waals surface area (Å²) in [6.07, 6.45) is -4.91. The number of hydrogen-bond acceptors (Lipinski definition) is 10. The van der Waals surface area contributed by atoms with Crippen LogP contribution in [0.1, 0.15) is 23.3 Å². The molecule has 0 saturated heterocycles. The van der Waals surface area contributed by atoms with Crippen molar-refractivity contribution in [3.05, 3.63) is 52.0 Å². The summed E-state index contributed by atoms with van der Waals surface area (Å²) >= 11 is 6.94. The van der Waals surface area contributed by atoms with E-state index in [0.717, 1.165) is 22.5 Å². The van der Waals surface area contributed by atoms with Crippen LogP contribution in [-0.4, -0.2) is 70.9 Å². The number of likely N-dealkylation sites (N-methyl/N-ethyl adjacent to an activating group) is 1. The van der Waals surface area contributed by atoms with Gasteiger partial charge < -0.3 is 24.8 Å². The van der Waals surface area contributed by atoms with Crippen molar-refractivity contribution in [1.82, 2.24) is 25.5 Å². The number of benzene rings is 1. The molecule has 2 N–H and O–H groups in total. The first kappa shape index (κ1) is 32.0. The average molecular weight is 646 g/mol. The second kappa shape index (κ2) is 13.1. The Kier molecular flexibility index (Phi) is 9.99. The first-order valence-electron chi connectivity index (χ1n) is 12.8. The summed E-state index contributed by atoms with van der Waals surface area (Å²) in [4.78, 5) is 11.1. The normalized spacial score (nSPS) is 18.6. The highest BCUT2D eigenvalue weighted by atomic mass is 35.5. The van der Waals surface area contributed by atoms with Crippen LogP contribution in [0.15, 0.2) is 36.4 Å². The summed E-state index contributed by atoms with van der Waals surface area (Å²) in [6.45, 7) is 0.584. The number of aliphatic hydroxyl groups is 1. The lowest BCUT2D eigenvalue weighted by Gasteiger charge is -2.28. The van der Waals surface area contributed by atoms with E-state index in [-0.39, 0.29) is 40.5 Å². The maximum Gasteiger partial charge on any atom is 0.393 e. The third-order valence-electron chi connectivity index (χ3n) is 7.07. The van der Waals surface area contributed by atoms with Gasteiger partial charge in [-0.25, -0.2) is 0 Å². The van der Waals surface area contributed by atoms with Crippen LogP contribution in [0, 0.1) is 0 Å². The van der Waals surface area contributed by atoms with Crippen molar-refractivity contribution < 1.29 is 27.8 Å². The monoisotopic (exact) mass is 644 g/mol. The number of thiophene rings is 1. The van der Waals surface area contributed by atoms with Crippen molar-refractivity contribution in [2.24, 2.45) is 0 Å². The maximum atomic E-state index is 13.0. The third kappa shape index (κ3) is 7.14. The predicted octanol–water partition coefficient (Wildman–Crippen LogP) is 5.46. The Morgan fingerprint density at radius 3 is 2.50 bits per heavy atom. The van der Waals surface area contributed by atoms with E-state index in [1.165, 1.54) is 20.3 Å². The molecule has 1 fully saturated rings. The Labute approximate surface area is 255 Å². The molecule has 0 spiro atoms. The molecule has 5 rings (SSSR count). The molecule has 15 heteroatoms. The molecule has 1 aliphatic rings. The summed E-state index contributed by atoms with van der Waals surface area (Å²) in [5.41, 5.74) is 2.56. The van der Waals surface area contributed by atoms with Gasteiger partial charge in [-0.05, 0) is 24.5 Å². The van der Waals surface area contributed by atoms with Crippen LogP contribution in [0.3, 0.4) is 0 Å². The minimum absolute atomic E-state index is 0. The average Bonchev–Trinajstić information content (AvgIpc) is 3.52. The second-order valence-corrected chi connectivity index (χ2v) is 11.3. The van der Waals surface area contributed by atoms with Crippen molar-refractivity contribution >= 4 is 51.4 Å². The largest absolute Gasteiger partial charge is 0.493 e. The number of halogens is 5. The fourth-order valence-electron chi connectivity index (χ4n) is 5.01. The summed E-state index contributed by atoms with van der Waals surface area (Å²) < 4.78 is 49.5. The molecule has 0 aliphatic heterocycles. The highest BCUT2D eigenvalue weighted by Gasteiger charge is 2.37. The lowest BCUT2D eigenvalue weighted by atomic mass is 10.1. The smallest absolute Gasteiger partial charge is 0.393 e. The second-order valence-electron chi connectivity index (χ2n) is 9.84. The van der Waals surface area contributed by atoms with E-state index in [4.69, 9.17) is 21.1 Å². The van der Waals surface area contributed by atoms with E-state index >= 15 is 0 Å². The Bertz CT molecular complexity index is 1530. The van der Waals surface area contributed by atoms with Crippen LogP contribution in [0.4, 0.5) is 19.0 Å². The van der Waals surface area contributed by atoms with Gasteiger partial charge in [0.05, 0.1) is 43.9 Å². The predicted molar refractivity (Wildman–Crippen MR) is 158 cm³/mol. The lowest BCUT2D eigenvalue weighted by molar-refractivity contribution is -0.126. The van der Waals surface area contributed by atoms with Gasteiger partial charge in [-0.3, -0.25) is 0 Å². The molecule has 1 aliphatic carbocycles. The number of nitrogens with one attached hydrogen (secondary N) is 1. The first-order valence-corrected chi connectivity index (χ1v) is 14.0. The van der Waals surface area contributed by atoms with E-state index < -0.39 is 18.7 Å². The van der Waals surface area contributed by atoms with Crippen LogP contribution in [-0.2, 0) is 13.0 Å². The zero-order valence-corrected chi connectivity index (χ0v) is 25.2. The molecule has 1 aromatic carbocycles. The topological polar surface area (TPSA) is 106 Å². The Hall–Kier alpha value is -2.97. The van der Waals surface area contributed by atoms with E-state index in [1.807, 2.05) is 29.2 Å². The fourth-order valence-corrected chi connectivity index (χ4v) is 6.23. The summed E-state index contributed by atoms with van der Waals surface area (Å²) in [5, 5.41) is 23.2. The Morgan fingerprint density at radius 1 is 1.10 bits per heavy atom. The van der Waals surface area contributed by atoms with Crippen molar-refractivity contribution in [2.45, 2.75) is 50.2 Å². The van der Waals surface area contributed by atoms with Crippen molar-refractivity contribution in [3.8, 4) is 23.0 Å². The summed E-state index contributed by atoms with van der Waals surface area (Å²) in [5.74, 6) is 0.877. The molecule has 4 aromatic rings. The van der Waals surface area contributed by atoms with Crippen LogP contribution in [0.2, 0.25) is 5.15 Å². The van der Waals surface area contributed by atoms with Crippen LogP contribution >= 0.6 is 35.3 Å². The number of nitrogens with zero attached hydrogens (tertiary/aromatic N) is 5. The number of methoxy groups -OCH3 is 2. The van der Waals surface area contributed by atoms with E-state index in [0.29, 0.717) is 46.9 Å². The molecule has 0 amide bonds. The van der Waals surface area contributed by atoms with E-state index in [1.54, 1.807) is 13.1 Å². The maximum absolute atomic E-state index is 13.0. The minimum Gasteiger partial charge on any atom is -0.493 e. The summed E-state index contributed by atoms with van der Waals surface area (Å²) in [6, 6.07) is 10.8. The molecule has 3 aromatic heterocycles. The van der Waals surface area contributed by atoms with Crippen molar-refractivity contribution in [3.63, 3.8) is 0 Å². The van der Waals surface area contributed by atoms with Gasteiger partial charge in [0, 0.05) is 36.1 Å². The molecule has 3 atom stereocenters. The van der Waals surface area contributed by atoms with Crippen LogP contribution in [0.5, 0.6) is 11.8 Å². The zero-order chi connectivity index (χ0) is 29.3. The number of hydrogen-bond donors (Lipinski definition) is 2. The van der Waals surface area contributed by atoms with Gasteiger partial charge in [0.2, 0.25) is 0 Å². The highest BCUT2D eigenvalue weighted by Crippen LogP contribution is 2.37. The number of fused-ring (bicyclic) bond motifs is 1.